The molecule has 0 spiro atoms. The van der Waals surface area contributed by atoms with E-state index in [0.29, 0.717) is 0 Å². The predicted octanol–water partition coefficient (Wildman–Crippen LogP) is 0.678. The van der Waals surface area contributed by atoms with E-state index in [-0.39, 0.29) is 34.8 Å². The zero-order chi connectivity index (χ0) is 23.3. The van der Waals surface area contributed by atoms with Gasteiger partial charge in [-0.25, -0.2) is 0 Å². The molecule has 9 heteroatoms. The lowest BCUT2D eigenvalue weighted by atomic mass is 9.76. The Balaban J connectivity index is 1.56. The summed E-state index contributed by atoms with van der Waals surface area (Å²) in [4.78, 5) is 52.1. The average Bonchev–Trinajstić information content (AvgIpc) is 2.87. The summed E-state index contributed by atoms with van der Waals surface area (Å²) in [5.74, 6) is -0.901. The summed E-state index contributed by atoms with van der Waals surface area (Å²) in [6, 6.07) is 17.8. The number of β-lactam (4-membered cyclic amide) rings is 1. The number of esters is 1. The fourth-order valence-electron chi connectivity index (χ4n) is 4.54. The number of nitrogens with two attached hydrogens (primary N) is 2. The number of hydrogen-bond acceptors (Lipinski definition) is 8. The monoisotopic (exact) mass is 463 g/mol. The van der Waals surface area contributed by atoms with Crippen molar-refractivity contribution in [3.63, 3.8) is 0 Å². The van der Waals surface area contributed by atoms with Gasteiger partial charge < -0.3 is 21.1 Å². The maximum atomic E-state index is 13.8. The molecule has 8 nitrogen and oxygen atoms in total. The first-order valence-electron chi connectivity index (χ1n) is 10.4. The number of hydrogen-bond donors (Lipinski definition) is 2. The molecule has 3 aromatic rings. The SMILES string of the molecule is Nc1c(C2(C(=O)OC(c3ccccc3)c3ccccc3)CS[C@@H]3C(N)C(=O)N3C2)c(=O)c1=O. The van der Waals surface area contributed by atoms with Crippen molar-refractivity contribution >= 4 is 29.3 Å². The van der Waals surface area contributed by atoms with Crippen molar-refractivity contribution in [2.45, 2.75) is 22.9 Å². The van der Waals surface area contributed by atoms with E-state index in [1.807, 2.05) is 60.7 Å². The standard InChI is InChI=1S/C24H21N3O5S/c25-16-15(18(28)19(16)29)24(11-27-21(30)17(26)22(27)33-12-24)23(31)32-20(13-7-3-1-4-8-13)14-9-5-2-6-10-14/h1-10,17,20,22H,11-12,25-26H2/t17?,22-,24?/m1/s1. The second kappa shape index (κ2) is 7.86. The van der Waals surface area contributed by atoms with E-state index in [0.717, 1.165) is 11.1 Å². The number of ether oxygens (including phenoxy) is 1. The van der Waals surface area contributed by atoms with Crippen LogP contribution in [0.5, 0.6) is 0 Å². The van der Waals surface area contributed by atoms with Crippen molar-refractivity contribution in [2.75, 3.05) is 18.0 Å². The highest BCUT2D eigenvalue weighted by molar-refractivity contribution is 8.00. The molecule has 3 aromatic carbocycles. The van der Waals surface area contributed by atoms with Crippen molar-refractivity contribution < 1.29 is 14.3 Å². The lowest BCUT2D eigenvalue weighted by Gasteiger charge is -2.53. The molecule has 0 radical (unpaired) electrons. The Hall–Kier alpha value is -3.43. The third-order valence-corrected chi connectivity index (χ3v) is 7.92. The molecule has 2 aliphatic heterocycles. The van der Waals surface area contributed by atoms with Crippen LogP contribution in [0, 0.1) is 0 Å². The van der Waals surface area contributed by atoms with Gasteiger partial charge in [-0.3, -0.25) is 19.2 Å². The van der Waals surface area contributed by atoms with Gasteiger partial charge in [0.25, 0.3) is 0 Å². The number of carbonyl (C=O) groups is 2. The van der Waals surface area contributed by atoms with E-state index in [4.69, 9.17) is 16.2 Å². The largest absolute Gasteiger partial charge is 0.452 e. The molecule has 4 N–H and O–H groups in total. The van der Waals surface area contributed by atoms with Crippen LogP contribution in [0.2, 0.25) is 0 Å². The number of fused-ring (bicyclic) bond motifs is 1. The Morgan fingerprint density at radius 2 is 1.58 bits per heavy atom. The fraction of sp³-hybridized carbons (Fsp3) is 0.250. The fourth-order valence-corrected chi connectivity index (χ4v) is 6.03. The molecule has 0 saturated carbocycles. The smallest absolute Gasteiger partial charge is 0.320 e. The quantitative estimate of drug-likeness (QED) is 0.321. The van der Waals surface area contributed by atoms with E-state index in [1.54, 1.807) is 0 Å². The van der Waals surface area contributed by atoms with Crippen molar-refractivity contribution in [3.05, 3.63) is 97.8 Å². The van der Waals surface area contributed by atoms with Gasteiger partial charge in [0.1, 0.15) is 16.8 Å². The van der Waals surface area contributed by atoms with Crippen LogP contribution in [-0.2, 0) is 19.7 Å². The normalized spacial score (nSPS) is 24.4. The first kappa shape index (κ1) is 21.4. The van der Waals surface area contributed by atoms with E-state index >= 15 is 0 Å². The Labute approximate surface area is 193 Å². The first-order valence-corrected chi connectivity index (χ1v) is 11.5. The van der Waals surface area contributed by atoms with Crippen LogP contribution in [0.4, 0.5) is 5.69 Å². The van der Waals surface area contributed by atoms with Gasteiger partial charge in [0, 0.05) is 12.3 Å². The molecule has 2 heterocycles. The van der Waals surface area contributed by atoms with E-state index in [2.05, 4.69) is 0 Å². The van der Waals surface area contributed by atoms with Gasteiger partial charge in [0.15, 0.2) is 6.10 Å². The van der Waals surface area contributed by atoms with Crippen LogP contribution >= 0.6 is 11.8 Å². The van der Waals surface area contributed by atoms with Crippen LogP contribution in [0.25, 0.3) is 0 Å². The third kappa shape index (κ3) is 3.19. The van der Waals surface area contributed by atoms with Crippen LogP contribution in [0.3, 0.4) is 0 Å². The van der Waals surface area contributed by atoms with E-state index in [9.17, 15) is 19.2 Å². The zero-order valence-corrected chi connectivity index (χ0v) is 18.3. The van der Waals surface area contributed by atoms with Crippen molar-refractivity contribution in [2.24, 2.45) is 5.73 Å². The highest BCUT2D eigenvalue weighted by Crippen LogP contribution is 2.45. The van der Waals surface area contributed by atoms with Gasteiger partial charge in [-0.15, -0.1) is 11.8 Å². The van der Waals surface area contributed by atoms with E-state index in [1.165, 1.54) is 16.7 Å². The van der Waals surface area contributed by atoms with Gasteiger partial charge in [-0.1, -0.05) is 60.7 Å². The van der Waals surface area contributed by atoms with Crippen LogP contribution < -0.4 is 22.3 Å². The molecule has 2 unspecified atom stereocenters. The number of amides is 1. The Morgan fingerprint density at radius 3 is 2.12 bits per heavy atom. The van der Waals surface area contributed by atoms with Crippen LogP contribution in [0.1, 0.15) is 22.8 Å². The van der Waals surface area contributed by atoms with Crippen LogP contribution in [-0.4, -0.2) is 40.5 Å². The highest BCUT2D eigenvalue weighted by atomic mass is 32.2. The molecule has 3 atom stereocenters. The third-order valence-electron chi connectivity index (χ3n) is 6.37. The molecule has 33 heavy (non-hydrogen) atoms. The molecule has 5 rings (SSSR count). The number of thioether (sulfide) groups is 1. The summed E-state index contributed by atoms with van der Waals surface area (Å²) in [6.45, 7) is -0.110. The van der Waals surface area contributed by atoms with Gasteiger partial charge in [-0.2, -0.15) is 0 Å². The van der Waals surface area contributed by atoms with Crippen molar-refractivity contribution in [1.29, 1.82) is 0 Å². The maximum Gasteiger partial charge on any atom is 0.320 e. The van der Waals surface area contributed by atoms with Gasteiger partial charge in [-0.05, 0) is 11.1 Å². The zero-order valence-electron chi connectivity index (χ0n) is 17.5. The van der Waals surface area contributed by atoms with E-state index < -0.39 is 34.4 Å². The number of carbonyl (C=O) groups excluding carboxylic acids is 2. The number of rotatable bonds is 5. The lowest BCUT2D eigenvalue weighted by molar-refractivity contribution is -0.159. The second-order valence-corrected chi connectivity index (χ2v) is 9.43. The second-order valence-electron chi connectivity index (χ2n) is 8.33. The Morgan fingerprint density at radius 1 is 1.00 bits per heavy atom. The summed E-state index contributed by atoms with van der Waals surface area (Å²) in [5.41, 5.74) is 9.77. The molecular weight excluding hydrogens is 442 g/mol. The molecular formula is C24H21N3O5S. The summed E-state index contributed by atoms with van der Waals surface area (Å²) in [7, 11) is 0. The number of anilines is 1. The summed E-state index contributed by atoms with van der Waals surface area (Å²) in [6.07, 6.45) is -0.749. The molecule has 0 aliphatic carbocycles. The molecule has 2 saturated heterocycles. The molecule has 2 aliphatic rings. The number of benzene rings is 2. The van der Waals surface area contributed by atoms with Crippen LogP contribution in [0.15, 0.2) is 70.3 Å². The molecule has 0 aromatic heterocycles. The minimum absolute atomic E-state index is 0.0726. The summed E-state index contributed by atoms with van der Waals surface area (Å²) >= 11 is 1.29. The van der Waals surface area contributed by atoms with Gasteiger partial charge >= 0.3 is 5.97 Å². The molecule has 2 fully saturated rings. The summed E-state index contributed by atoms with van der Waals surface area (Å²) in [5, 5.41) is -0.287. The minimum atomic E-state index is -1.55. The Kier molecular flexibility index (Phi) is 5.10. The first-order chi connectivity index (χ1) is 15.8. The van der Waals surface area contributed by atoms with Crippen molar-refractivity contribution in [3.8, 4) is 0 Å². The van der Waals surface area contributed by atoms with Gasteiger partial charge in [0.2, 0.25) is 16.8 Å². The number of nitrogens with zero attached hydrogens (tertiary/aromatic N) is 1. The molecule has 0 bridgehead atoms. The number of nitrogen functional groups attached to an aromatic ring is 1. The maximum absolute atomic E-state index is 13.8. The minimum Gasteiger partial charge on any atom is -0.452 e. The van der Waals surface area contributed by atoms with Crippen molar-refractivity contribution in [1.82, 2.24) is 4.90 Å². The predicted molar refractivity (Wildman–Crippen MR) is 124 cm³/mol. The molecule has 1 amide bonds. The topological polar surface area (TPSA) is 133 Å². The summed E-state index contributed by atoms with van der Waals surface area (Å²) < 4.78 is 6.05. The average molecular weight is 464 g/mol. The lowest BCUT2D eigenvalue weighted by Crippen LogP contribution is -2.74. The highest BCUT2D eigenvalue weighted by Gasteiger charge is 2.59. The van der Waals surface area contributed by atoms with Gasteiger partial charge in [0.05, 0.1) is 11.3 Å². The Bertz CT molecular complexity index is 1270. The molecule has 168 valence electrons.